The Morgan fingerprint density at radius 2 is 1.90 bits per heavy atom. The molecule has 0 heterocycles. The summed E-state index contributed by atoms with van der Waals surface area (Å²) >= 11 is 0. The van der Waals surface area contributed by atoms with Crippen molar-refractivity contribution in [2.45, 2.75) is 6.42 Å². The molecule has 0 aliphatic heterocycles. The van der Waals surface area contributed by atoms with Gasteiger partial charge in [0, 0.05) is 17.6 Å². The largest absolute Gasteiger partial charge is 0.550 e. The number of anilines is 1. The molecular formula is C15H13FNO3-. The molecule has 4 atom stereocenters. The fourth-order valence-electron chi connectivity index (χ4n) is 3.29. The van der Waals surface area contributed by atoms with Gasteiger partial charge in [-0.15, -0.1) is 0 Å². The number of carboxylic acid groups (broad SMARTS) is 1. The smallest absolute Gasteiger partial charge is 0.228 e. The Morgan fingerprint density at radius 1 is 1.20 bits per heavy atom. The van der Waals surface area contributed by atoms with E-state index in [1.165, 1.54) is 18.2 Å². The van der Waals surface area contributed by atoms with Crippen molar-refractivity contribution in [3.8, 4) is 0 Å². The summed E-state index contributed by atoms with van der Waals surface area (Å²) in [6, 6.07) is 5.54. The highest BCUT2D eigenvalue weighted by atomic mass is 19.1. The van der Waals surface area contributed by atoms with Crippen LogP contribution in [0, 0.1) is 29.5 Å². The maximum Gasteiger partial charge on any atom is 0.228 e. The summed E-state index contributed by atoms with van der Waals surface area (Å²) in [7, 11) is 0. The van der Waals surface area contributed by atoms with Gasteiger partial charge < -0.3 is 15.2 Å². The standard InChI is InChI=1S/C15H14FNO3/c16-10-2-1-3-11(7-10)17-14(18)12-8-4-5-9(6-8)13(12)15(19)20/h1-5,7-9,12-13H,6H2,(H,17,18)(H,19,20)/p-1/t8-,9+,12+,13+/m0/s1. The van der Waals surface area contributed by atoms with Crippen molar-refractivity contribution in [1.29, 1.82) is 0 Å². The van der Waals surface area contributed by atoms with Gasteiger partial charge in [-0.3, -0.25) is 4.79 Å². The van der Waals surface area contributed by atoms with Gasteiger partial charge in [0.2, 0.25) is 5.91 Å². The molecule has 2 bridgehead atoms. The maximum atomic E-state index is 13.1. The highest BCUT2D eigenvalue weighted by Gasteiger charge is 2.48. The average molecular weight is 274 g/mol. The first kappa shape index (κ1) is 12.8. The lowest BCUT2D eigenvalue weighted by Gasteiger charge is -2.27. The highest BCUT2D eigenvalue weighted by Crippen LogP contribution is 2.48. The van der Waals surface area contributed by atoms with Gasteiger partial charge in [0.05, 0.1) is 5.92 Å². The number of nitrogens with one attached hydrogen (secondary N) is 1. The van der Waals surface area contributed by atoms with Crippen LogP contribution in [0.1, 0.15) is 6.42 Å². The lowest BCUT2D eigenvalue weighted by molar-refractivity contribution is -0.313. The molecular weight excluding hydrogens is 261 g/mol. The Kier molecular flexibility index (Phi) is 3.04. The predicted molar refractivity (Wildman–Crippen MR) is 67.8 cm³/mol. The van der Waals surface area contributed by atoms with Gasteiger partial charge in [-0.25, -0.2) is 4.39 Å². The second-order valence-corrected chi connectivity index (χ2v) is 5.32. The van der Waals surface area contributed by atoms with Gasteiger partial charge in [0.1, 0.15) is 5.82 Å². The molecule has 2 aliphatic rings. The summed E-state index contributed by atoms with van der Waals surface area (Å²) in [6.07, 6.45) is 4.40. The molecule has 1 fully saturated rings. The molecule has 4 nitrogen and oxygen atoms in total. The number of rotatable bonds is 3. The molecule has 2 aliphatic carbocycles. The lowest BCUT2D eigenvalue weighted by Crippen LogP contribution is -2.42. The van der Waals surface area contributed by atoms with E-state index in [2.05, 4.69) is 5.32 Å². The number of benzene rings is 1. The Bertz CT molecular complexity index is 599. The van der Waals surface area contributed by atoms with E-state index in [0.717, 1.165) is 0 Å². The maximum absolute atomic E-state index is 13.1. The van der Waals surface area contributed by atoms with Crippen LogP contribution in [0.2, 0.25) is 0 Å². The molecule has 0 radical (unpaired) electrons. The molecule has 0 spiro atoms. The van der Waals surface area contributed by atoms with Gasteiger partial charge in [-0.2, -0.15) is 0 Å². The summed E-state index contributed by atoms with van der Waals surface area (Å²) in [6.45, 7) is 0. The minimum absolute atomic E-state index is 0.0727. The molecule has 5 heteroatoms. The van der Waals surface area contributed by atoms with E-state index in [4.69, 9.17) is 0 Å². The van der Waals surface area contributed by atoms with Crippen molar-refractivity contribution < 1.29 is 19.1 Å². The first-order valence-electron chi connectivity index (χ1n) is 6.52. The van der Waals surface area contributed by atoms with Crippen LogP contribution in [0.3, 0.4) is 0 Å². The number of allylic oxidation sites excluding steroid dienone is 2. The Hall–Kier alpha value is -2.17. The third-order valence-corrected chi connectivity index (χ3v) is 4.13. The summed E-state index contributed by atoms with van der Waals surface area (Å²) in [5.41, 5.74) is 0.332. The fraction of sp³-hybridized carbons (Fsp3) is 0.333. The van der Waals surface area contributed by atoms with Gasteiger partial charge in [-0.05, 0) is 36.5 Å². The molecule has 0 unspecified atom stereocenters. The van der Waals surface area contributed by atoms with Gasteiger partial charge >= 0.3 is 0 Å². The van der Waals surface area contributed by atoms with E-state index >= 15 is 0 Å². The quantitative estimate of drug-likeness (QED) is 0.834. The number of amides is 1. The van der Waals surface area contributed by atoms with Crippen LogP contribution in [0.15, 0.2) is 36.4 Å². The molecule has 3 rings (SSSR count). The number of hydrogen-bond acceptors (Lipinski definition) is 3. The van der Waals surface area contributed by atoms with Crippen molar-refractivity contribution >= 4 is 17.6 Å². The number of fused-ring (bicyclic) bond motifs is 2. The second kappa shape index (κ2) is 4.74. The van der Waals surface area contributed by atoms with Crippen molar-refractivity contribution in [2.75, 3.05) is 5.32 Å². The molecule has 104 valence electrons. The number of halogens is 1. The SMILES string of the molecule is O=C([O-])[C@H]1[C@H](C(=O)Nc2cccc(F)c2)[C@H]2C=C[C@@H]1C2. The van der Waals surface area contributed by atoms with E-state index in [-0.39, 0.29) is 17.7 Å². The van der Waals surface area contributed by atoms with Crippen molar-refractivity contribution in [3.05, 3.63) is 42.2 Å². The normalized spacial score (nSPS) is 30.4. The molecule has 1 saturated carbocycles. The monoisotopic (exact) mass is 274 g/mol. The average Bonchev–Trinajstić information content (AvgIpc) is 2.98. The van der Waals surface area contributed by atoms with Crippen molar-refractivity contribution in [3.63, 3.8) is 0 Å². The van der Waals surface area contributed by atoms with Gasteiger partial charge in [0.25, 0.3) is 0 Å². The minimum Gasteiger partial charge on any atom is -0.550 e. The minimum atomic E-state index is -1.19. The third-order valence-electron chi connectivity index (χ3n) is 4.13. The zero-order chi connectivity index (χ0) is 14.3. The summed E-state index contributed by atoms with van der Waals surface area (Å²) in [5.74, 6) is -3.67. The number of carbonyl (C=O) groups excluding carboxylic acids is 2. The van der Waals surface area contributed by atoms with Crippen LogP contribution >= 0.6 is 0 Å². The molecule has 0 aromatic heterocycles. The van der Waals surface area contributed by atoms with Crippen LogP contribution in [-0.4, -0.2) is 11.9 Å². The first-order valence-corrected chi connectivity index (χ1v) is 6.52. The van der Waals surface area contributed by atoms with Crippen molar-refractivity contribution in [2.24, 2.45) is 23.7 Å². The van der Waals surface area contributed by atoms with Gasteiger partial charge in [-0.1, -0.05) is 18.2 Å². The van der Waals surface area contributed by atoms with Crippen LogP contribution in [-0.2, 0) is 9.59 Å². The molecule has 1 aromatic rings. The van der Waals surface area contributed by atoms with Crippen LogP contribution in [0.5, 0.6) is 0 Å². The number of aliphatic carboxylic acids is 1. The molecule has 1 amide bonds. The van der Waals surface area contributed by atoms with Gasteiger partial charge in [0.15, 0.2) is 0 Å². The van der Waals surface area contributed by atoms with E-state index < -0.39 is 23.6 Å². The molecule has 1 aromatic carbocycles. The molecule has 20 heavy (non-hydrogen) atoms. The number of carboxylic acids is 1. The Morgan fingerprint density at radius 3 is 2.55 bits per heavy atom. The third kappa shape index (κ3) is 2.09. The zero-order valence-corrected chi connectivity index (χ0v) is 10.6. The summed E-state index contributed by atoms with van der Waals surface area (Å²) in [4.78, 5) is 23.5. The number of hydrogen-bond donors (Lipinski definition) is 1. The topological polar surface area (TPSA) is 69.2 Å². The Balaban J connectivity index is 1.80. The predicted octanol–water partition coefficient (Wildman–Crippen LogP) is 0.952. The lowest BCUT2D eigenvalue weighted by atomic mass is 9.82. The fourth-order valence-corrected chi connectivity index (χ4v) is 3.29. The van der Waals surface area contributed by atoms with E-state index in [1.807, 2.05) is 12.2 Å². The van der Waals surface area contributed by atoms with E-state index in [1.54, 1.807) is 6.07 Å². The second-order valence-electron chi connectivity index (χ2n) is 5.32. The Labute approximate surface area is 115 Å². The highest BCUT2D eigenvalue weighted by molar-refractivity contribution is 5.96. The molecule has 1 N–H and O–H groups in total. The van der Waals surface area contributed by atoms with Crippen LogP contribution in [0.4, 0.5) is 10.1 Å². The summed E-state index contributed by atoms with van der Waals surface area (Å²) in [5, 5.41) is 13.8. The van der Waals surface area contributed by atoms with E-state index in [9.17, 15) is 19.1 Å². The zero-order valence-electron chi connectivity index (χ0n) is 10.6. The van der Waals surface area contributed by atoms with Crippen LogP contribution in [0.25, 0.3) is 0 Å². The van der Waals surface area contributed by atoms with Crippen molar-refractivity contribution in [1.82, 2.24) is 0 Å². The van der Waals surface area contributed by atoms with E-state index in [0.29, 0.717) is 12.1 Å². The summed E-state index contributed by atoms with van der Waals surface area (Å²) < 4.78 is 13.1. The number of carbonyl (C=O) groups is 2. The molecule has 0 saturated heterocycles. The van der Waals surface area contributed by atoms with Crippen LogP contribution < -0.4 is 10.4 Å². The first-order chi connectivity index (χ1) is 9.56.